The lowest BCUT2D eigenvalue weighted by Crippen LogP contribution is -2.39. The molecule has 0 unspecified atom stereocenters. The van der Waals surface area contributed by atoms with Crippen molar-refractivity contribution in [3.63, 3.8) is 0 Å². The lowest BCUT2D eigenvalue weighted by atomic mass is 10.2. The molecule has 7 heteroatoms. The summed E-state index contributed by atoms with van der Waals surface area (Å²) in [5, 5.41) is 1.78. The van der Waals surface area contributed by atoms with Gasteiger partial charge < -0.3 is 4.74 Å². The number of alkyl halides is 3. The van der Waals surface area contributed by atoms with Gasteiger partial charge >= 0.3 is 6.09 Å². The van der Waals surface area contributed by atoms with E-state index in [2.05, 4.69) is 4.74 Å². The topological polar surface area (TPSA) is 55.4 Å². The number of amides is 2. The monoisotopic (exact) mass is 261 g/mol. The molecule has 1 N–H and O–H groups in total. The van der Waals surface area contributed by atoms with E-state index in [0.29, 0.717) is 0 Å². The van der Waals surface area contributed by atoms with Crippen LogP contribution in [0, 0.1) is 5.92 Å². The van der Waals surface area contributed by atoms with E-state index in [1.54, 1.807) is 5.32 Å². The lowest BCUT2D eigenvalue weighted by molar-refractivity contribution is -0.119. The lowest BCUT2D eigenvalue weighted by Gasteiger charge is -2.11. The van der Waals surface area contributed by atoms with Crippen LogP contribution in [0.2, 0.25) is 0 Å². The molecular formula is C7H10Cl3NO3. The molecule has 0 aromatic heterocycles. The zero-order chi connectivity index (χ0) is 11.4. The van der Waals surface area contributed by atoms with Crippen molar-refractivity contribution in [1.29, 1.82) is 0 Å². The Balaban J connectivity index is 3.90. The van der Waals surface area contributed by atoms with Crippen molar-refractivity contribution >= 4 is 46.8 Å². The molecule has 0 aromatic rings. The van der Waals surface area contributed by atoms with Gasteiger partial charge in [0.2, 0.25) is 0 Å². The minimum absolute atomic E-state index is 0.170. The Labute approximate surface area is 96.8 Å². The van der Waals surface area contributed by atoms with Crippen LogP contribution in [0.15, 0.2) is 0 Å². The van der Waals surface area contributed by atoms with Gasteiger partial charge in [-0.1, -0.05) is 48.7 Å². The van der Waals surface area contributed by atoms with Crippen molar-refractivity contribution in [1.82, 2.24) is 5.32 Å². The second-order valence-electron chi connectivity index (χ2n) is 2.94. The van der Waals surface area contributed by atoms with Gasteiger partial charge in [-0.25, -0.2) is 4.79 Å². The van der Waals surface area contributed by atoms with E-state index in [1.807, 2.05) is 13.8 Å². The van der Waals surface area contributed by atoms with Crippen LogP contribution in [0.25, 0.3) is 0 Å². The second-order valence-corrected chi connectivity index (χ2v) is 5.23. The van der Waals surface area contributed by atoms with Crippen molar-refractivity contribution in [3.8, 4) is 0 Å². The van der Waals surface area contributed by atoms with E-state index in [1.165, 1.54) is 0 Å². The quantitative estimate of drug-likeness (QED) is 0.777. The van der Waals surface area contributed by atoms with Crippen LogP contribution in [-0.4, -0.2) is 22.4 Å². The predicted molar refractivity (Wildman–Crippen MR) is 54.6 cm³/mol. The van der Waals surface area contributed by atoms with Crippen LogP contribution in [0.1, 0.15) is 13.8 Å². The molecule has 0 atom stereocenters. The first-order valence-electron chi connectivity index (χ1n) is 3.78. The maximum absolute atomic E-state index is 10.9. The van der Waals surface area contributed by atoms with Crippen LogP contribution in [0.5, 0.6) is 0 Å². The van der Waals surface area contributed by atoms with Gasteiger partial charge in [-0.3, -0.25) is 10.1 Å². The van der Waals surface area contributed by atoms with Crippen LogP contribution >= 0.6 is 34.8 Å². The van der Waals surface area contributed by atoms with Crippen LogP contribution < -0.4 is 5.32 Å². The number of rotatable bonds is 2. The molecule has 0 bridgehead atoms. The van der Waals surface area contributed by atoms with E-state index in [-0.39, 0.29) is 12.5 Å². The maximum atomic E-state index is 10.9. The van der Waals surface area contributed by atoms with Gasteiger partial charge in [0.15, 0.2) is 0 Å². The first-order valence-corrected chi connectivity index (χ1v) is 4.91. The number of halogens is 3. The van der Waals surface area contributed by atoms with Crippen LogP contribution in [-0.2, 0) is 9.53 Å². The van der Waals surface area contributed by atoms with E-state index < -0.39 is 15.8 Å². The average Bonchev–Trinajstić information content (AvgIpc) is 1.99. The van der Waals surface area contributed by atoms with Crippen molar-refractivity contribution in [2.24, 2.45) is 5.92 Å². The number of ether oxygens (including phenoxy) is 1. The molecule has 0 spiro atoms. The van der Waals surface area contributed by atoms with E-state index in [0.717, 1.165) is 0 Å². The zero-order valence-corrected chi connectivity index (χ0v) is 9.91. The minimum atomic E-state index is -2.16. The molecule has 0 rings (SSSR count). The Bertz CT molecular complexity index is 225. The van der Waals surface area contributed by atoms with Gasteiger partial charge in [0.05, 0.1) is 6.61 Å². The molecule has 0 aliphatic carbocycles. The first kappa shape index (κ1) is 13.8. The first-order chi connectivity index (χ1) is 6.23. The Hall–Kier alpha value is -0.190. The Morgan fingerprint density at radius 2 is 1.86 bits per heavy atom. The van der Waals surface area contributed by atoms with E-state index in [9.17, 15) is 9.59 Å². The third-order valence-corrected chi connectivity index (χ3v) is 1.54. The van der Waals surface area contributed by atoms with Gasteiger partial charge in [-0.15, -0.1) is 0 Å². The third-order valence-electron chi connectivity index (χ3n) is 1.02. The number of alkyl carbamates (subject to hydrolysis) is 1. The Kier molecular flexibility index (Phi) is 5.56. The highest BCUT2D eigenvalue weighted by Gasteiger charge is 2.32. The molecule has 82 valence electrons. The molecular weight excluding hydrogens is 252 g/mol. The summed E-state index contributed by atoms with van der Waals surface area (Å²) in [6.07, 6.45) is -0.921. The zero-order valence-electron chi connectivity index (χ0n) is 7.64. The number of carbonyl (C=O) groups excluding carboxylic acids is 2. The van der Waals surface area contributed by atoms with Gasteiger partial charge in [-0.05, 0) is 5.92 Å². The molecule has 4 nitrogen and oxygen atoms in total. The average molecular weight is 263 g/mol. The van der Waals surface area contributed by atoms with Crippen molar-refractivity contribution in [2.45, 2.75) is 17.6 Å². The SMILES string of the molecule is CC(C)COC(=O)NC(=O)C(Cl)(Cl)Cl. The molecule has 0 fully saturated rings. The number of carbonyl (C=O) groups is 2. The molecule has 0 aliphatic heterocycles. The summed E-state index contributed by atoms with van der Waals surface area (Å²) in [5.41, 5.74) is 0. The van der Waals surface area contributed by atoms with Gasteiger partial charge in [0, 0.05) is 0 Å². The molecule has 14 heavy (non-hydrogen) atoms. The highest BCUT2D eigenvalue weighted by Crippen LogP contribution is 2.25. The fraction of sp³-hybridized carbons (Fsp3) is 0.714. The summed E-state index contributed by atoms with van der Waals surface area (Å²) in [5.74, 6) is -0.861. The number of hydrogen-bond donors (Lipinski definition) is 1. The third kappa shape index (κ3) is 6.29. The summed E-state index contributed by atoms with van der Waals surface area (Å²) in [7, 11) is 0. The van der Waals surface area contributed by atoms with Crippen molar-refractivity contribution in [3.05, 3.63) is 0 Å². The summed E-state index contributed by atoms with van der Waals surface area (Å²) in [4.78, 5) is 21.8. The second kappa shape index (κ2) is 5.63. The van der Waals surface area contributed by atoms with Crippen LogP contribution in [0.3, 0.4) is 0 Å². The molecule has 0 aromatic carbocycles. The number of imide groups is 1. The minimum Gasteiger partial charge on any atom is -0.449 e. The van der Waals surface area contributed by atoms with Gasteiger partial charge in [0.25, 0.3) is 9.70 Å². The fourth-order valence-corrected chi connectivity index (χ4v) is 0.584. The summed E-state index contributed by atoms with van der Waals surface area (Å²) >= 11 is 15.6. The highest BCUT2D eigenvalue weighted by molar-refractivity contribution is 6.76. The van der Waals surface area contributed by atoms with E-state index >= 15 is 0 Å². The Morgan fingerprint density at radius 3 is 2.21 bits per heavy atom. The van der Waals surface area contributed by atoms with E-state index in [4.69, 9.17) is 34.8 Å². The summed E-state index contributed by atoms with van der Waals surface area (Å²) in [6.45, 7) is 3.90. The number of hydrogen-bond acceptors (Lipinski definition) is 3. The van der Waals surface area contributed by atoms with Crippen LogP contribution in [0.4, 0.5) is 4.79 Å². The number of nitrogens with one attached hydrogen (secondary N) is 1. The molecule has 0 saturated carbocycles. The predicted octanol–water partition coefficient (Wildman–Crippen LogP) is 2.27. The summed E-state index contributed by atoms with van der Waals surface area (Å²) < 4.78 is 2.47. The van der Waals surface area contributed by atoms with Gasteiger partial charge in [-0.2, -0.15) is 0 Å². The highest BCUT2D eigenvalue weighted by atomic mass is 35.6. The van der Waals surface area contributed by atoms with Crippen molar-refractivity contribution in [2.75, 3.05) is 6.61 Å². The molecule has 0 aliphatic rings. The fourth-order valence-electron chi connectivity index (χ4n) is 0.442. The maximum Gasteiger partial charge on any atom is 0.413 e. The molecule has 0 radical (unpaired) electrons. The standard InChI is InChI=1S/C7H10Cl3NO3/c1-4(2)3-14-6(13)11-5(12)7(8,9)10/h4H,3H2,1-2H3,(H,11,12,13). The smallest absolute Gasteiger partial charge is 0.413 e. The summed E-state index contributed by atoms with van der Waals surface area (Å²) in [6, 6.07) is 0. The molecule has 0 heterocycles. The van der Waals surface area contributed by atoms with Crippen molar-refractivity contribution < 1.29 is 14.3 Å². The largest absolute Gasteiger partial charge is 0.449 e. The normalized spacial score (nSPS) is 11.3. The van der Waals surface area contributed by atoms with Gasteiger partial charge in [0.1, 0.15) is 0 Å². The molecule has 2 amide bonds. The molecule has 0 saturated heterocycles. The Morgan fingerprint density at radius 1 is 1.36 bits per heavy atom.